The van der Waals surface area contributed by atoms with Crippen LogP contribution in [-0.2, 0) is 19.1 Å². The third-order valence-corrected chi connectivity index (χ3v) is 4.49. The zero-order chi connectivity index (χ0) is 24.9. The molecule has 10 nitrogen and oxygen atoms in total. The van der Waals surface area contributed by atoms with Gasteiger partial charge in [-0.25, -0.2) is 19.4 Å². The first-order valence-corrected chi connectivity index (χ1v) is 10.7. The smallest absolute Gasteiger partial charge is 0.338 e. The Morgan fingerprint density at radius 1 is 1.00 bits per heavy atom. The van der Waals surface area contributed by atoms with Crippen molar-refractivity contribution in [1.29, 1.82) is 0 Å². The number of nitrogens with one attached hydrogen (secondary N) is 2. The predicted octanol–water partition coefficient (Wildman–Crippen LogP) is 3.70. The topological polar surface area (TPSA) is 159 Å². The second kappa shape index (κ2) is 13.2. The molecule has 1 heterocycles. The molecule has 1 amide bonds. The lowest BCUT2D eigenvalue weighted by atomic mass is 10.2. The number of carbonyl (C=O) groups excluding carboxylic acids is 2. The van der Waals surface area contributed by atoms with E-state index in [1.165, 1.54) is 41.4 Å². The zero-order valence-corrected chi connectivity index (χ0v) is 18.7. The number of carboxylic acid groups (broad SMARTS) is 2. The van der Waals surface area contributed by atoms with Crippen molar-refractivity contribution in [3.63, 3.8) is 0 Å². The first kappa shape index (κ1) is 25.9. The second-order valence-electron chi connectivity index (χ2n) is 6.28. The lowest BCUT2D eigenvalue weighted by molar-refractivity contribution is -0.132. The molecule has 34 heavy (non-hydrogen) atoms. The number of ether oxygens (including phenoxy) is 1. The van der Waals surface area contributed by atoms with Crippen molar-refractivity contribution in [3.8, 4) is 0 Å². The summed E-state index contributed by atoms with van der Waals surface area (Å²) in [6.45, 7) is 2.00. The van der Waals surface area contributed by atoms with Gasteiger partial charge in [0.2, 0.25) is 5.91 Å². The van der Waals surface area contributed by atoms with Crippen LogP contribution in [0, 0.1) is 0 Å². The number of H-pyrrole nitrogens is 1. The standard InChI is InChI=1S/C13H13NO5.C10H8N2O2S/c1-2-19-13(18)9-3-5-10(6-4-9)14-11(15)7-8-12(16)17;13-9(14)5-6-15-10-11-7-3-1-2-4-8(7)12-10/h3-8H,2H2,1H3,(H,14,15)(H,16,17);1-6H,(H,11,12)(H,13,14)/b8-7-;6-5-. The lowest BCUT2D eigenvalue weighted by Crippen LogP contribution is -2.09. The third kappa shape index (κ3) is 9.01. The van der Waals surface area contributed by atoms with Crippen LogP contribution < -0.4 is 5.32 Å². The molecule has 3 rings (SSSR count). The molecular weight excluding hydrogens is 462 g/mol. The quantitative estimate of drug-likeness (QED) is 0.213. The summed E-state index contributed by atoms with van der Waals surface area (Å²) in [5.41, 5.74) is 2.65. The maximum Gasteiger partial charge on any atom is 0.338 e. The van der Waals surface area contributed by atoms with Gasteiger partial charge in [-0.2, -0.15) is 0 Å². The SMILES string of the molecule is CCOC(=O)c1ccc(NC(=O)/C=C\C(=O)O)cc1.O=C(O)/C=C\Sc1nc2ccccc2[nH]1. The van der Waals surface area contributed by atoms with Crippen LogP contribution in [0.5, 0.6) is 0 Å². The van der Waals surface area contributed by atoms with Gasteiger partial charge in [-0.3, -0.25) is 4.79 Å². The van der Waals surface area contributed by atoms with Crippen LogP contribution in [0.25, 0.3) is 11.0 Å². The van der Waals surface area contributed by atoms with Crippen LogP contribution in [0.3, 0.4) is 0 Å². The highest BCUT2D eigenvalue weighted by Crippen LogP contribution is 2.19. The molecule has 0 aliphatic rings. The second-order valence-corrected chi connectivity index (χ2v) is 7.17. The molecule has 0 aliphatic heterocycles. The number of nitrogens with zero attached hydrogens (tertiary/aromatic N) is 1. The minimum atomic E-state index is -1.20. The Balaban J connectivity index is 0.000000246. The minimum Gasteiger partial charge on any atom is -0.478 e. The van der Waals surface area contributed by atoms with Crippen LogP contribution in [0.15, 0.2) is 77.3 Å². The van der Waals surface area contributed by atoms with Gasteiger partial charge >= 0.3 is 17.9 Å². The molecule has 4 N–H and O–H groups in total. The number of para-hydroxylation sites is 2. The molecule has 3 aromatic rings. The Labute approximate surface area is 198 Å². The first-order chi connectivity index (χ1) is 16.3. The summed E-state index contributed by atoms with van der Waals surface area (Å²) in [7, 11) is 0. The number of aromatic amines is 1. The molecule has 0 fully saturated rings. The van der Waals surface area contributed by atoms with Crippen LogP contribution in [0.1, 0.15) is 17.3 Å². The fourth-order valence-corrected chi connectivity index (χ4v) is 3.01. The van der Waals surface area contributed by atoms with E-state index in [0.717, 1.165) is 29.3 Å². The van der Waals surface area contributed by atoms with Gasteiger partial charge in [0, 0.05) is 23.9 Å². The zero-order valence-electron chi connectivity index (χ0n) is 17.9. The van der Waals surface area contributed by atoms with Gasteiger partial charge in [0.1, 0.15) is 0 Å². The number of benzene rings is 2. The minimum absolute atomic E-state index is 0.289. The maximum atomic E-state index is 11.4. The van der Waals surface area contributed by atoms with E-state index >= 15 is 0 Å². The number of hydrogen-bond donors (Lipinski definition) is 4. The molecule has 0 radical (unpaired) electrons. The molecule has 0 unspecified atom stereocenters. The van der Waals surface area contributed by atoms with Gasteiger partial charge in [-0.05, 0) is 48.7 Å². The van der Waals surface area contributed by atoms with Gasteiger partial charge in [-0.15, -0.1) is 0 Å². The molecule has 0 aliphatic carbocycles. The number of esters is 1. The van der Waals surface area contributed by atoms with E-state index in [0.29, 0.717) is 16.4 Å². The number of anilines is 1. The average molecular weight is 484 g/mol. The molecule has 0 bridgehead atoms. The van der Waals surface area contributed by atoms with Crippen molar-refractivity contribution in [3.05, 3.63) is 77.7 Å². The van der Waals surface area contributed by atoms with Crippen molar-refractivity contribution in [2.24, 2.45) is 0 Å². The average Bonchev–Trinajstić information content (AvgIpc) is 3.21. The Kier molecular flexibility index (Phi) is 10.1. The molecule has 0 spiro atoms. The fraction of sp³-hybridized carbons (Fsp3) is 0.0870. The van der Waals surface area contributed by atoms with Gasteiger partial charge in [-0.1, -0.05) is 23.9 Å². The van der Waals surface area contributed by atoms with E-state index in [4.69, 9.17) is 14.9 Å². The molecule has 0 atom stereocenters. The molecule has 2 aromatic carbocycles. The summed E-state index contributed by atoms with van der Waals surface area (Å²) in [5.74, 6) is -3.16. The first-order valence-electron chi connectivity index (χ1n) is 9.78. The number of carboxylic acids is 2. The van der Waals surface area contributed by atoms with Gasteiger partial charge in [0.25, 0.3) is 0 Å². The predicted molar refractivity (Wildman–Crippen MR) is 127 cm³/mol. The summed E-state index contributed by atoms with van der Waals surface area (Å²) in [6, 6.07) is 13.7. The summed E-state index contributed by atoms with van der Waals surface area (Å²) >= 11 is 1.25. The molecule has 11 heteroatoms. The number of rotatable bonds is 8. The highest BCUT2D eigenvalue weighted by atomic mass is 32.2. The molecule has 0 saturated carbocycles. The Hall–Kier alpha value is -4.38. The van der Waals surface area contributed by atoms with E-state index in [9.17, 15) is 19.2 Å². The van der Waals surface area contributed by atoms with E-state index in [1.807, 2.05) is 24.3 Å². The summed E-state index contributed by atoms with van der Waals surface area (Å²) < 4.78 is 4.81. The van der Waals surface area contributed by atoms with Crippen LogP contribution in [0.4, 0.5) is 5.69 Å². The van der Waals surface area contributed by atoms with Crippen molar-refractivity contribution in [2.45, 2.75) is 12.1 Å². The number of fused-ring (bicyclic) bond motifs is 1. The van der Waals surface area contributed by atoms with Crippen molar-refractivity contribution < 1.29 is 34.1 Å². The maximum absolute atomic E-state index is 11.4. The van der Waals surface area contributed by atoms with E-state index in [-0.39, 0.29) is 6.61 Å². The number of imidazole rings is 1. The number of aromatic nitrogens is 2. The van der Waals surface area contributed by atoms with Crippen molar-refractivity contribution in [1.82, 2.24) is 9.97 Å². The van der Waals surface area contributed by atoms with Gasteiger partial charge < -0.3 is 25.3 Å². The summed E-state index contributed by atoms with van der Waals surface area (Å²) in [4.78, 5) is 50.5. The summed E-state index contributed by atoms with van der Waals surface area (Å²) in [6.07, 6.45) is 2.72. The van der Waals surface area contributed by atoms with Crippen molar-refractivity contribution >= 4 is 52.3 Å². The van der Waals surface area contributed by atoms with Crippen LogP contribution >= 0.6 is 11.8 Å². The Morgan fingerprint density at radius 3 is 2.29 bits per heavy atom. The Bertz CT molecular complexity index is 1180. The highest BCUT2D eigenvalue weighted by Gasteiger charge is 2.06. The third-order valence-electron chi connectivity index (χ3n) is 3.80. The number of thioether (sulfide) groups is 1. The number of aliphatic carboxylic acids is 2. The van der Waals surface area contributed by atoms with Crippen LogP contribution in [-0.4, -0.2) is 50.6 Å². The summed E-state index contributed by atoms with van der Waals surface area (Å²) in [5, 5.41) is 21.4. The highest BCUT2D eigenvalue weighted by molar-refractivity contribution is 8.02. The molecule has 0 saturated heterocycles. The Morgan fingerprint density at radius 2 is 1.68 bits per heavy atom. The molecule has 1 aromatic heterocycles. The molecule has 176 valence electrons. The monoisotopic (exact) mass is 483 g/mol. The normalized spacial score (nSPS) is 10.6. The lowest BCUT2D eigenvalue weighted by Gasteiger charge is -2.04. The number of hydrogen-bond acceptors (Lipinski definition) is 7. The van der Waals surface area contributed by atoms with E-state index in [2.05, 4.69) is 15.3 Å². The van der Waals surface area contributed by atoms with Gasteiger partial charge in [0.15, 0.2) is 5.16 Å². The largest absolute Gasteiger partial charge is 0.478 e. The van der Waals surface area contributed by atoms with E-state index < -0.39 is 23.8 Å². The molecular formula is C23H21N3O7S. The fourth-order valence-electron chi connectivity index (χ4n) is 2.38. The van der Waals surface area contributed by atoms with Crippen LogP contribution in [0.2, 0.25) is 0 Å². The van der Waals surface area contributed by atoms with Gasteiger partial charge in [0.05, 0.1) is 23.2 Å². The van der Waals surface area contributed by atoms with E-state index in [1.54, 1.807) is 6.92 Å². The number of amides is 1. The number of carbonyl (C=O) groups is 4. The van der Waals surface area contributed by atoms with Crippen molar-refractivity contribution in [2.75, 3.05) is 11.9 Å².